The monoisotopic (exact) mass is 215 g/mol. The summed E-state index contributed by atoms with van der Waals surface area (Å²) in [4.78, 5) is 0. The van der Waals surface area contributed by atoms with E-state index < -0.39 is 6.10 Å². The summed E-state index contributed by atoms with van der Waals surface area (Å²) in [5.41, 5.74) is 6.98. The zero-order valence-corrected chi connectivity index (χ0v) is 9.16. The molecular formula is C14H17NO. The van der Waals surface area contributed by atoms with Crippen molar-refractivity contribution in [3.8, 4) is 0 Å². The third-order valence-electron chi connectivity index (χ3n) is 3.01. The van der Waals surface area contributed by atoms with Gasteiger partial charge in [-0.15, -0.1) is 0 Å². The van der Waals surface area contributed by atoms with Crippen molar-refractivity contribution in [1.82, 2.24) is 0 Å². The second-order valence-electron chi connectivity index (χ2n) is 4.15. The van der Waals surface area contributed by atoms with Gasteiger partial charge in [-0.1, -0.05) is 54.6 Å². The number of nitrogens with two attached hydrogens (primary N) is 1. The van der Waals surface area contributed by atoms with Gasteiger partial charge in [0.25, 0.3) is 0 Å². The maximum atomic E-state index is 10.2. The largest absolute Gasteiger partial charge is 0.387 e. The summed E-state index contributed by atoms with van der Waals surface area (Å²) in [6, 6.07) is 9.35. The number of hydrogen-bond acceptors (Lipinski definition) is 2. The van der Waals surface area contributed by atoms with Crippen molar-refractivity contribution in [3.63, 3.8) is 0 Å². The molecule has 0 saturated heterocycles. The van der Waals surface area contributed by atoms with Gasteiger partial charge in [0.05, 0.1) is 6.10 Å². The van der Waals surface area contributed by atoms with Crippen molar-refractivity contribution in [2.75, 3.05) is 0 Å². The fraction of sp³-hybridized carbons (Fsp3) is 0.286. The van der Waals surface area contributed by atoms with E-state index in [1.54, 1.807) is 0 Å². The molecule has 0 bridgehead atoms. The number of allylic oxidation sites excluding steroid dienone is 3. The number of aliphatic hydroxyl groups excluding tert-OH is 1. The Kier molecular flexibility index (Phi) is 3.54. The molecule has 0 radical (unpaired) electrons. The van der Waals surface area contributed by atoms with Crippen LogP contribution in [0.2, 0.25) is 0 Å². The highest BCUT2D eigenvalue weighted by atomic mass is 16.3. The van der Waals surface area contributed by atoms with E-state index in [4.69, 9.17) is 5.73 Å². The van der Waals surface area contributed by atoms with Crippen molar-refractivity contribution in [2.24, 2.45) is 11.7 Å². The molecule has 2 rings (SSSR count). The third kappa shape index (κ3) is 2.40. The predicted molar refractivity (Wildman–Crippen MR) is 65.8 cm³/mol. The van der Waals surface area contributed by atoms with Crippen LogP contribution in [0.3, 0.4) is 0 Å². The van der Waals surface area contributed by atoms with Crippen LogP contribution in [0.4, 0.5) is 0 Å². The van der Waals surface area contributed by atoms with Gasteiger partial charge in [0.15, 0.2) is 0 Å². The van der Waals surface area contributed by atoms with Gasteiger partial charge in [-0.05, 0) is 17.9 Å². The van der Waals surface area contributed by atoms with E-state index in [-0.39, 0.29) is 12.0 Å². The van der Waals surface area contributed by atoms with Crippen molar-refractivity contribution in [2.45, 2.75) is 18.6 Å². The fourth-order valence-electron chi connectivity index (χ4n) is 1.99. The maximum absolute atomic E-state index is 10.2. The second kappa shape index (κ2) is 5.10. The van der Waals surface area contributed by atoms with E-state index in [0.717, 1.165) is 12.0 Å². The number of hydrogen-bond donors (Lipinski definition) is 2. The number of aliphatic hydroxyl groups is 1. The van der Waals surface area contributed by atoms with Gasteiger partial charge in [0.2, 0.25) is 0 Å². The summed E-state index contributed by atoms with van der Waals surface area (Å²) in [6.45, 7) is 0. The summed E-state index contributed by atoms with van der Waals surface area (Å²) in [6.07, 6.45) is 8.46. The first-order valence-corrected chi connectivity index (χ1v) is 5.61. The molecule has 2 nitrogen and oxygen atoms in total. The SMILES string of the molecule is N[C@@H](C1C=CC=CC1)[C@H](O)c1ccccc1. The van der Waals surface area contributed by atoms with Crippen LogP contribution in [0.15, 0.2) is 54.6 Å². The lowest BCUT2D eigenvalue weighted by atomic mass is 9.87. The minimum Gasteiger partial charge on any atom is -0.387 e. The lowest BCUT2D eigenvalue weighted by Gasteiger charge is -2.26. The summed E-state index contributed by atoms with van der Waals surface area (Å²) < 4.78 is 0. The lowest BCUT2D eigenvalue weighted by Crippen LogP contribution is -2.35. The summed E-state index contributed by atoms with van der Waals surface area (Å²) in [5.74, 6) is 0.222. The molecule has 1 unspecified atom stereocenters. The van der Waals surface area contributed by atoms with Gasteiger partial charge in [-0.25, -0.2) is 0 Å². The topological polar surface area (TPSA) is 46.2 Å². The summed E-state index contributed by atoms with van der Waals surface area (Å²) in [7, 11) is 0. The van der Waals surface area contributed by atoms with Crippen LogP contribution in [0.25, 0.3) is 0 Å². The standard InChI is InChI=1S/C14H17NO/c15-13(11-7-3-1-4-8-11)14(16)12-9-5-2-6-10-12/h1-7,9-11,13-14,16H,8,15H2/t11?,13-,14+/m0/s1. The average Bonchev–Trinajstić information content (AvgIpc) is 2.39. The Labute approximate surface area is 96.1 Å². The molecule has 1 aromatic carbocycles. The Hall–Kier alpha value is -1.38. The van der Waals surface area contributed by atoms with Crippen LogP contribution < -0.4 is 5.73 Å². The van der Waals surface area contributed by atoms with Crippen LogP contribution in [0, 0.1) is 5.92 Å². The molecule has 3 N–H and O–H groups in total. The van der Waals surface area contributed by atoms with E-state index in [1.165, 1.54) is 0 Å². The predicted octanol–water partition coefficient (Wildman–Crippen LogP) is 2.18. The van der Waals surface area contributed by atoms with Crippen molar-refractivity contribution < 1.29 is 5.11 Å². The van der Waals surface area contributed by atoms with Crippen LogP contribution in [-0.2, 0) is 0 Å². The molecule has 0 fully saturated rings. The van der Waals surface area contributed by atoms with Gasteiger partial charge >= 0.3 is 0 Å². The lowest BCUT2D eigenvalue weighted by molar-refractivity contribution is 0.128. The number of benzene rings is 1. The molecule has 0 aromatic heterocycles. The first-order chi connectivity index (χ1) is 7.79. The molecule has 16 heavy (non-hydrogen) atoms. The van der Waals surface area contributed by atoms with E-state index in [1.807, 2.05) is 42.5 Å². The molecule has 3 atom stereocenters. The van der Waals surface area contributed by atoms with Gasteiger partial charge in [0, 0.05) is 6.04 Å². The zero-order valence-electron chi connectivity index (χ0n) is 9.16. The van der Waals surface area contributed by atoms with Crippen molar-refractivity contribution >= 4 is 0 Å². The quantitative estimate of drug-likeness (QED) is 0.811. The maximum Gasteiger partial charge on any atom is 0.0946 e. The van der Waals surface area contributed by atoms with E-state index in [0.29, 0.717) is 0 Å². The molecule has 1 aliphatic rings. The van der Waals surface area contributed by atoms with Gasteiger partial charge in [-0.2, -0.15) is 0 Å². The highest BCUT2D eigenvalue weighted by Crippen LogP contribution is 2.24. The minimum atomic E-state index is -0.595. The molecule has 1 aliphatic carbocycles. The van der Waals surface area contributed by atoms with Crippen molar-refractivity contribution in [3.05, 3.63) is 60.2 Å². The van der Waals surface area contributed by atoms with Crippen LogP contribution in [0.1, 0.15) is 18.1 Å². The van der Waals surface area contributed by atoms with Crippen molar-refractivity contribution in [1.29, 1.82) is 0 Å². The van der Waals surface area contributed by atoms with E-state index >= 15 is 0 Å². The Morgan fingerprint density at radius 3 is 2.56 bits per heavy atom. The molecule has 0 aliphatic heterocycles. The van der Waals surface area contributed by atoms with E-state index in [9.17, 15) is 5.11 Å². The Morgan fingerprint density at radius 2 is 1.94 bits per heavy atom. The van der Waals surface area contributed by atoms with Crippen LogP contribution in [-0.4, -0.2) is 11.1 Å². The molecule has 1 aromatic rings. The highest BCUT2D eigenvalue weighted by molar-refractivity contribution is 5.21. The minimum absolute atomic E-state index is 0.222. The molecule has 0 saturated carbocycles. The first-order valence-electron chi connectivity index (χ1n) is 5.61. The van der Waals surface area contributed by atoms with E-state index in [2.05, 4.69) is 12.2 Å². The normalized spacial score (nSPS) is 23.0. The smallest absolute Gasteiger partial charge is 0.0946 e. The zero-order chi connectivity index (χ0) is 11.4. The van der Waals surface area contributed by atoms with Crippen LogP contribution >= 0.6 is 0 Å². The Morgan fingerprint density at radius 1 is 1.19 bits per heavy atom. The summed E-state index contributed by atoms with van der Waals surface area (Å²) in [5, 5.41) is 10.2. The number of rotatable bonds is 3. The third-order valence-corrected chi connectivity index (χ3v) is 3.01. The van der Waals surface area contributed by atoms with Crippen LogP contribution in [0.5, 0.6) is 0 Å². The molecule has 0 spiro atoms. The highest BCUT2D eigenvalue weighted by Gasteiger charge is 2.23. The Bertz CT molecular complexity index is 383. The van der Waals surface area contributed by atoms with Gasteiger partial charge in [0.1, 0.15) is 0 Å². The molecule has 0 heterocycles. The first kappa shape index (κ1) is 11.1. The molecule has 2 heteroatoms. The molecule has 84 valence electrons. The Balaban J connectivity index is 2.07. The molecular weight excluding hydrogens is 198 g/mol. The van der Waals surface area contributed by atoms with Gasteiger partial charge in [-0.3, -0.25) is 0 Å². The van der Waals surface area contributed by atoms with Gasteiger partial charge < -0.3 is 10.8 Å². The molecule has 0 amide bonds. The average molecular weight is 215 g/mol. The fourth-order valence-corrected chi connectivity index (χ4v) is 1.99. The summed E-state index contributed by atoms with van der Waals surface area (Å²) >= 11 is 0. The second-order valence-corrected chi connectivity index (χ2v) is 4.15.